The fourth-order valence-electron chi connectivity index (χ4n) is 3.75. The Morgan fingerprint density at radius 1 is 0.947 bits per heavy atom. The van der Waals surface area contributed by atoms with E-state index in [-0.39, 0.29) is 24.0 Å². The lowest BCUT2D eigenvalue weighted by Crippen LogP contribution is -2.31. The molecule has 0 saturated carbocycles. The number of hydrogen-bond donors (Lipinski definition) is 0. The van der Waals surface area contributed by atoms with Crippen molar-refractivity contribution in [2.24, 2.45) is 5.92 Å². The zero-order valence-corrected chi connectivity index (χ0v) is 20.1. The van der Waals surface area contributed by atoms with Gasteiger partial charge in [-0.1, -0.05) is 25.5 Å². The first-order valence-corrected chi connectivity index (χ1v) is 11.6. The third-order valence-corrected chi connectivity index (χ3v) is 5.45. The predicted molar refractivity (Wildman–Crippen MR) is 121 cm³/mol. The van der Waals surface area contributed by atoms with Crippen molar-refractivity contribution in [2.75, 3.05) is 13.2 Å². The Labute approximate surface area is 213 Å². The lowest BCUT2D eigenvalue weighted by Gasteiger charge is -2.29. The first-order valence-electron chi connectivity index (χ1n) is 11.6. The molecule has 0 aromatic heterocycles. The van der Waals surface area contributed by atoms with Gasteiger partial charge in [-0.25, -0.2) is 17.6 Å². The molecule has 0 atom stereocenters. The molecule has 1 saturated heterocycles. The summed E-state index contributed by atoms with van der Waals surface area (Å²) in [6.45, 7) is 3.25. The number of hydrogen-bond acceptors (Lipinski definition) is 4. The summed E-state index contributed by atoms with van der Waals surface area (Å²) in [6, 6.07) is 1.66. The Morgan fingerprint density at radius 3 is 2.11 bits per heavy atom. The molecule has 4 nitrogen and oxygen atoms in total. The molecule has 0 amide bonds. The summed E-state index contributed by atoms with van der Waals surface area (Å²) in [4.78, 5) is 0. The maximum Gasteiger partial charge on any atom is 0.432 e. The predicted octanol–water partition coefficient (Wildman–Crippen LogP) is 8.07. The molecule has 1 fully saturated rings. The second kappa shape index (κ2) is 13.1. The first-order chi connectivity index (χ1) is 18.0. The summed E-state index contributed by atoms with van der Waals surface area (Å²) in [5.74, 6) is -8.80. The Kier molecular flexibility index (Phi) is 10.1. The van der Waals surface area contributed by atoms with Crippen LogP contribution in [0.5, 0.6) is 11.5 Å². The van der Waals surface area contributed by atoms with Crippen LogP contribution in [0.15, 0.2) is 42.7 Å². The molecule has 1 aliphatic heterocycles. The van der Waals surface area contributed by atoms with Gasteiger partial charge in [0.2, 0.25) is 0 Å². The molecule has 0 aliphatic carbocycles. The van der Waals surface area contributed by atoms with E-state index < -0.39 is 58.8 Å². The van der Waals surface area contributed by atoms with E-state index in [0.29, 0.717) is 44.1 Å². The molecule has 12 heteroatoms. The van der Waals surface area contributed by atoms with Crippen LogP contribution in [0.3, 0.4) is 0 Å². The molecule has 2 aromatic rings. The highest BCUT2D eigenvalue weighted by atomic mass is 19.3. The maximum atomic E-state index is 14.6. The second-order valence-corrected chi connectivity index (χ2v) is 8.45. The summed E-state index contributed by atoms with van der Waals surface area (Å²) in [5.41, 5.74) is -1.84. The molecule has 0 radical (unpaired) electrons. The third-order valence-electron chi connectivity index (χ3n) is 5.45. The van der Waals surface area contributed by atoms with Crippen molar-refractivity contribution in [3.63, 3.8) is 0 Å². The minimum Gasteiger partial charge on any atom is -0.453 e. The van der Waals surface area contributed by atoms with E-state index in [1.165, 1.54) is 6.08 Å². The van der Waals surface area contributed by atoms with Gasteiger partial charge in [0, 0.05) is 24.5 Å². The van der Waals surface area contributed by atoms with Crippen molar-refractivity contribution < 1.29 is 54.1 Å². The Hall–Kier alpha value is -3.12. The maximum absolute atomic E-state index is 14.6. The minimum atomic E-state index is -4.69. The second-order valence-electron chi connectivity index (χ2n) is 8.45. The lowest BCUT2D eigenvalue weighted by atomic mass is 10.1. The largest absolute Gasteiger partial charge is 0.453 e. The Balaban J connectivity index is 1.65. The van der Waals surface area contributed by atoms with Crippen LogP contribution < -0.4 is 9.47 Å². The van der Waals surface area contributed by atoms with E-state index in [1.807, 2.05) is 0 Å². The van der Waals surface area contributed by atoms with Gasteiger partial charge in [0.05, 0.1) is 13.2 Å². The van der Waals surface area contributed by atoms with Crippen LogP contribution in [0.2, 0.25) is 0 Å². The van der Waals surface area contributed by atoms with Crippen LogP contribution in [-0.2, 0) is 15.6 Å². The lowest BCUT2D eigenvalue weighted by molar-refractivity contribution is -0.203. The van der Waals surface area contributed by atoms with Gasteiger partial charge in [-0.15, -0.1) is 0 Å². The van der Waals surface area contributed by atoms with Crippen molar-refractivity contribution >= 4 is 6.08 Å². The molecule has 0 bridgehead atoms. The zero-order chi connectivity index (χ0) is 27.9. The molecule has 0 N–H and O–H groups in total. The van der Waals surface area contributed by atoms with E-state index in [9.17, 15) is 35.1 Å². The highest BCUT2D eigenvalue weighted by Crippen LogP contribution is 2.37. The van der Waals surface area contributed by atoms with Crippen LogP contribution in [0.4, 0.5) is 35.1 Å². The van der Waals surface area contributed by atoms with E-state index in [0.717, 1.165) is 12.8 Å². The number of alkyl halides is 2. The van der Waals surface area contributed by atoms with Crippen molar-refractivity contribution in [3.8, 4) is 11.5 Å². The number of rotatable bonds is 11. The number of halogens is 8. The smallest absolute Gasteiger partial charge is 0.432 e. The van der Waals surface area contributed by atoms with Gasteiger partial charge in [-0.3, -0.25) is 0 Å². The van der Waals surface area contributed by atoms with Gasteiger partial charge >= 0.3 is 12.2 Å². The van der Waals surface area contributed by atoms with Crippen LogP contribution in [0, 0.1) is 29.2 Å². The van der Waals surface area contributed by atoms with E-state index >= 15 is 0 Å². The summed E-state index contributed by atoms with van der Waals surface area (Å²) < 4.78 is 130. The fourth-order valence-corrected chi connectivity index (χ4v) is 3.75. The van der Waals surface area contributed by atoms with Crippen molar-refractivity contribution in [1.82, 2.24) is 0 Å². The van der Waals surface area contributed by atoms with Gasteiger partial charge in [0.25, 0.3) is 0 Å². The molecule has 38 heavy (non-hydrogen) atoms. The molecular weight excluding hydrogens is 528 g/mol. The van der Waals surface area contributed by atoms with Gasteiger partial charge in [-0.05, 0) is 30.5 Å². The average Bonchev–Trinajstić information content (AvgIpc) is 2.81. The van der Waals surface area contributed by atoms with Crippen LogP contribution >= 0.6 is 0 Å². The van der Waals surface area contributed by atoms with Crippen molar-refractivity contribution in [3.05, 3.63) is 77.1 Å². The summed E-state index contributed by atoms with van der Waals surface area (Å²) in [6.07, 6.45) is -1.92. The van der Waals surface area contributed by atoms with E-state index in [4.69, 9.17) is 9.47 Å². The normalized spacial score (nSPS) is 18.0. The van der Waals surface area contributed by atoms with Crippen LogP contribution in [0.25, 0.3) is 6.08 Å². The molecule has 1 aliphatic rings. The van der Waals surface area contributed by atoms with E-state index in [2.05, 4.69) is 16.4 Å². The van der Waals surface area contributed by atoms with E-state index in [1.54, 1.807) is 6.08 Å². The highest BCUT2D eigenvalue weighted by molar-refractivity contribution is 5.51. The summed E-state index contributed by atoms with van der Waals surface area (Å²) in [7, 11) is 0. The number of allylic oxidation sites excluding steroid dienone is 1. The molecule has 0 unspecified atom stereocenters. The highest BCUT2D eigenvalue weighted by Gasteiger charge is 2.41. The molecular formula is C26H24F8O4. The molecule has 3 rings (SSSR count). The zero-order valence-electron chi connectivity index (χ0n) is 20.1. The van der Waals surface area contributed by atoms with Crippen molar-refractivity contribution in [1.29, 1.82) is 0 Å². The standard InChI is InChI=1S/C26H24F8O4/c1-2-5-16-12-35-23(36-13-16)7-4-3-6-15-8-18(27)24(19(28)9-15)26(33,34)38-17-10-20(29)25(21(30)11-17)37-14-22(31)32/h3,6,8-11,14,16,23H,2,4-5,7,12-13H2,1H3/b6-3+. The quantitative estimate of drug-likeness (QED) is 0.209. The van der Waals surface area contributed by atoms with Gasteiger partial charge in [0.15, 0.2) is 29.9 Å². The number of ether oxygens (including phenoxy) is 4. The van der Waals surface area contributed by atoms with Gasteiger partial charge in [0.1, 0.15) is 22.9 Å². The summed E-state index contributed by atoms with van der Waals surface area (Å²) >= 11 is 0. The molecule has 2 aromatic carbocycles. The first kappa shape index (κ1) is 29.4. The molecule has 1 heterocycles. The van der Waals surface area contributed by atoms with Gasteiger partial charge < -0.3 is 18.9 Å². The Bertz CT molecular complexity index is 1110. The minimum absolute atomic E-state index is 0.0558. The van der Waals surface area contributed by atoms with Gasteiger partial charge in [-0.2, -0.15) is 17.6 Å². The van der Waals surface area contributed by atoms with Crippen molar-refractivity contribution in [2.45, 2.75) is 45.0 Å². The SMILES string of the molecule is CCCC1COC(CC/C=C/c2cc(F)c(C(F)(F)Oc3cc(F)c(OC=C(F)F)c(F)c3)c(F)c2)OC1. The topological polar surface area (TPSA) is 36.9 Å². The van der Waals surface area contributed by atoms with Crippen LogP contribution in [0.1, 0.15) is 43.7 Å². The fraction of sp³-hybridized carbons (Fsp3) is 0.385. The number of benzene rings is 2. The third kappa shape index (κ3) is 7.94. The molecule has 208 valence electrons. The van der Waals surface area contributed by atoms with Crippen LogP contribution in [-0.4, -0.2) is 19.5 Å². The average molecular weight is 552 g/mol. The Morgan fingerprint density at radius 2 is 1.55 bits per heavy atom. The monoisotopic (exact) mass is 552 g/mol. The molecule has 0 spiro atoms. The summed E-state index contributed by atoms with van der Waals surface area (Å²) in [5, 5.41) is 0.